The van der Waals surface area contributed by atoms with Gasteiger partial charge in [0.1, 0.15) is 0 Å². The van der Waals surface area contributed by atoms with Gasteiger partial charge < -0.3 is 9.90 Å². The van der Waals surface area contributed by atoms with Crippen LogP contribution in [-0.4, -0.2) is 5.97 Å². The highest BCUT2D eigenvalue weighted by Gasteiger charge is 2.24. The molecule has 2 heteroatoms. The quantitative estimate of drug-likeness (QED) is 0.617. The molecule has 2 nitrogen and oxygen atoms in total. The molecule has 0 fully saturated rings. The molecule has 11 heavy (non-hydrogen) atoms. The van der Waals surface area contributed by atoms with Crippen molar-refractivity contribution in [1.29, 1.82) is 0 Å². The lowest BCUT2D eigenvalue weighted by atomic mass is 9.78. The first-order chi connectivity index (χ1) is 4.89. The Balaban J connectivity index is 4.22. The highest BCUT2D eigenvalue weighted by molar-refractivity contribution is 5.68. The lowest BCUT2D eigenvalue weighted by molar-refractivity contribution is -0.315. The maximum atomic E-state index is 10.6. The Labute approximate surface area is 68.6 Å². The van der Waals surface area contributed by atoms with Gasteiger partial charge in [0.2, 0.25) is 0 Å². The van der Waals surface area contributed by atoms with Crippen molar-refractivity contribution in [3.05, 3.63) is 0 Å². The fourth-order valence-corrected chi connectivity index (χ4v) is 1.19. The molecule has 0 saturated carbocycles. The first-order valence-electron chi connectivity index (χ1n) is 4.10. The number of hydrogen-bond acceptors (Lipinski definition) is 2. The summed E-state index contributed by atoms with van der Waals surface area (Å²) in [6, 6.07) is 0. The second kappa shape index (κ2) is 3.74. The first-order valence-corrected chi connectivity index (χ1v) is 4.10. The number of aliphatic carboxylic acids is 1. The Kier molecular flexibility index (Phi) is 3.56. The van der Waals surface area contributed by atoms with E-state index in [1.807, 2.05) is 27.7 Å². The molecular formula is C9H17O2-. The number of carboxylic acid groups (broad SMARTS) is 1. The zero-order chi connectivity index (χ0) is 9.07. The maximum absolute atomic E-state index is 10.6. The molecule has 0 heterocycles. The molecule has 1 unspecified atom stereocenters. The first kappa shape index (κ1) is 10.5. The predicted molar refractivity (Wildman–Crippen MR) is 42.9 cm³/mol. The Hall–Kier alpha value is -0.530. The predicted octanol–water partition coefficient (Wildman–Crippen LogP) is 1.20. The van der Waals surface area contributed by atoms with Crippen molar-refractivity contribution in [3.8, 4) is 0 Å². The third-order valence-electron chi connectivity index (χ3n) is 1.91. The molecule has 0 saturated heterocycles. The van der Waals surface area contributed by atoms with Crippen molar-refractivity contribution < 1.29 is 9.90 Å². The van der Waals surface area contributed by atoms with Crippen molar-refractivity contribution in [2.24, 2.45) is 11.3 Å². The highest BCUT2D eigenvalue weighted by Crippen LogP contribution is 2.28. The topological polar surface area (TPSA) is 40.1 Å². The molecule has 0 bridgehead atoms. The minimum atomic E-state index is -0.917. The summed E-state index contributed by atoms with van der Waals surface area (Å²) in [6.07, 6.45) is 1.61. The van der Waals surface area contributed by atoms with Gasteiger partial charge in [0.15, 0.2) is 0 Å². The summed E-state index contributed by atoms with van der Waals surface area (Å²) in [4.78, 5) is 10.6. The maximum Gasteiger partial charge on any atom is 0.0450 e. The van der Waals surface area contributed by atoms with Gasteiger partial charge in [-0.3, -0.25) is 0 Å². The van der Waals surface area contributed by atoms with Crippen molar-refractivity contribution in [1.82, 2.24) is 0 Å². The largest absolute Gasteiger partial charge is 0.550 e. The Morgan fingerprint density at radius 1 is 1.45 bits per heavy atom. The number of rotatable bonds is 3. The van der Waals surface area contributed by atoms with Gasteiger partial charge in [-0.2, -0.15) is 0 Å². The monoisotopic (exact) mass is 157 g/mol. The van der Waals surface area contributed by atoms with Crippen LogP contribution in [0.25, 0.3) is 0 Å². The van der Waals surface area contributed by atoms with Gasteiger partial charge in [0, 0.05) is 11.9 Å². The van der Waals surface area contributed by atoms with Crippen molar-refractivity contribution in [2.75, 3.05) is 0 Å². The van der Waals surface area contributed by atoms with Crippen LogP contribution >= 0.6 is 0 Å². The Bertz CT molecular complexity index is 133. The third kappa shape index (κ3) is 3.40. The SMILES string of the molecule is CCCC(C(=O)[O-])C(C)(C)C. The van der Waals surface area contributed by atoms with Gasteiger partial charge in [-0.05, 0) is 11.8 Å². The molecular weight excluding hydrogens is 140 g/mol. The molecule has 0 aliphatic rings. The van der Waals surface area contributed by atoms with Crippen LogP contribution in [0.5, 0.6) is 0 Å². The zero-order valence-electron chi connectivity index (χ0n) is 7.81. The van der Waals surface area contributed by atoms with Crippen LogP contribution < -0.4 is 5.11 Å². The summed E-state index contributed by atoms with van der Waals surface area (Å²) in [7, 11) is 0. The van der Waals surface area contributed by atoms with E-state index >= 15 is 0 Å². The molecule has 0 spiro atoms. The van der Waals surface area contributed by atoms with Crippen LogP contribution in [0.3, 0.4) is 0 Å². The molecule has 0 amide bonds. The minimum absolute atomic E-state index is 0.172. The van der Waals surface area contributed by atoms with E-state index in [1.54, 1.807) is 0 Å². The van der Waals surface area contributed by atoms with Crippen molar-refractivity contribution in [2.45, 2.75) is 40.5 Å². The van der Waals surface area contributed by atoms with Crippen LogP contribution in [0.4, 0.5) is 0 Å². The third-order valence-corrected chi connectivity index (χ3v) is 1.91. The summed E-state index contributed by atoms with van der Waals surface area (Å²) < 4.78 is 0. The second-order valence-electron chi connectivity index (χ2n) is 4.03. The molecule has 0 aromatic heterocycles. The number of carbonyl (C=O) groups is 1. The van der Waals surface area contributed by atoms with Gasteiger partial charge in [-0.1, -0.05) is 34.1 Å². The normalized spacial score (nSPS) is 14.5. The lowest BCUT2D eigenvalue weighted by Crippen LogP contribution is -2.38. The van der Waals surface area contributed by atoms with Gasteiger partial charge in [0.05, 0.1) is 0 Å². The lowest BCUT2D eigenvalue weighted by Gasteiger charge is -2.31. The van der Waals surface area contributed by atoms with Crippen LogP contribution in [0.1, 0.15) is 40.5 Å². The van der Waals surface area contributed by atoms with Gasteiger partial charge in [-0.15, -0.1) is 0 Å². The van der Waals surface area contributed by atoms with E-state index in [-0.39, 0.29) is 11.3 Å². The fourth-order valence-electron chi connectivity index (χ4n) is 1.19. The minimum Gasteiger partial charge on any atom is -0.550 e. The van der Waals surface area contributed by atoms with Gasteiger partial charge >= 0.3 is 0 Å². The molecule has 0 N–H and O–H groups in total. The summed E-state index contributed by atoms with van der Waals surface area (Å²) in [5.41, 5.74) is -0.172. The number of carboxylic acids is 1. The summed E-state index contributed by atoms with van der Waals surface area (Å²) in [5, 5.41) is 10.6. The molecule has 66 valence electrons. The highest BCUT2D eigenvalue weighted by atomic mass is 16.4. The summed E-state index contributed by atoms with van der Waals surface area (Å²) >= 11 is 0. The average molecular weight is 157 g/mol. The van der Waals surface area contributed by atoms with E-state index in [0.29, 0.717) is 6.42 Å². The molecule has 1 atom stereocenters. The van der Waals surface area contributed by atoms with Gasteiger partial charge in [-0.25, -0.2) is 0 Å². The van der Waals surface area contributed by atoms with E-state index in [2.05, 4.69) is 0 Å². The standard InChI is InChI=1S/C9H18O2/c1-5-6-7(8(10)11)9(2,3)4/h7H,5-6H2,1-4H3,(H,10,11)/p-1. The van der Waals surface area contributed by atoms with Crippen LogP contribution in [0.15, 0.2) is 0 Å². The molecule has 0 aromatic rings. The molecule has 0 radical (unpaired) electrons. The number of hydrogen-bond donors (Lipinski definition) is 0. The van der Waals surface area contributed by atoms with Crippen molar-refractivity contribution in [3.63, 3.8) is 0 Å². The molecule has 0 aliphatic carbocycles. The van der Waals surface area contributed by atoms with E-state index in [1.165, 1.54) is 0 Å². The van der Waals surface area contributed by atoms with Crippen LogP contribution in [0, 0.1) is 11.3 Å². The molecule has 0 rings (SSSR count). The number of carbonyl (C=O) groups excluding carboxylic acids is 1. The average Bonchev–Trinajstić information content (AvgIpc) is 1.79. The smallest absolute Gasteiger partial charge is 0.0450 e. The Morgan fingerprint density at radius 2 is 1.91 bits per heavy atom. The van der Waals surface area contributed by atoms with E-state index in [0.717, 1.165) is 6.42 Å². The summed E-state index contributed by atoms with van der Waals surface area (Å²) in [5.74, 6) is -1.23. The molecule has 0 aliphatic heterocycles. The van der Waals surface area contributed by atoms with Crippen LogP contribution in [0.2, 0.25) is 0 Å². The van der Waals surface area contributed by atoms with E-state index in [4.69, 9.17) is 0 Å². The van der Waals surface area contributed by atoms with E-state index < -0.39 is 5.97 Å². The fraction of sp³-hybridized carbons (Fsp3) is 0.889. The zero-order valence-corrected chi connectivity index (χ0v) is 7.81. The van der Waals surface area contributed by atoms with E-state index in [9.17, 15) is 9.90 Å². The molecule has 0 aromatic carbocycles. The van der Waals surface area contributed by atoms with Crippen LogP contribution in [-0.2, 0) is 4.79 Å². The van der Waals surface area contributed by atoms with Crippen molar-refractivity contribution >= 4 is 5.97 Å². The van der Waals surface area contributed by atoms with Gasteiger partial charge in [0.25, 0.3) is 0 Å². The second-order valence-corrected chi connectivity index (χ2v) is 4.03. The Morgan fingerprint density at radius 3 is 2.00 bits per heavy atom. The summed E-state index contributed by atoms with van der Waals surface area (Å²) in [6.45, 7) is 7.79.